The van der Waals surface area contributed by atoms with Crippen molar-refractivity contribution in [2.24, 2.45) is 0 Å². The first-order valence-electron chi connectivity index (χ1n) is 8.21. The van der Waals surface area contributed by atoms with Gasteiger partial charge in [-0.3, -0.25) is 14.2 Å². The number of alkyl halides is 2. The SMILES string of the molecule is CCn1nc(C)c(NC(=O)Cn2nc(C(F)F)c(Br)c2C2CC2)c1C. The Kier molecular flexibility index (Phi) is 4.95. The minimum absolute atomic E-state index is 0.104. The number of hydrogen-bond donors (Lipinski definition) is 1. The second-order valence-corrected chi connectivity index (χ2v) is 7.02. The molecule has 0 aromatic carbocycles. The number of nitrogens with zero attached hydrogens (tertiary/aromatic N) is 4. The number of aryl methyl sites for hydroxylation is 2. The van der Waals surface area contributed by atoms with Crippen LogP contribution in [0.15, 0.2) is 4.47 Å². The lowest BCUT2D eigenvalue weighted by atomic mass is 10.2. The molecular weight excluding hydrogens is 396 g/mol. The van der Waals surface area contributed by atoms with Crippen molar-refractivity contribution in [3.8, 4) is 0 Å². The molecule has 0 unspecified atom stereocenters. The fraction of sp³-hybridized carbons (Fsp3) is 0.562. The number of halogens is 3. The number of aromatic nitrogens is 4. The molecule has 1 fully saturated rings. The smallest absolute Gasteiger partial charge is 0.283 e. The zero-order valence-corrected chi connectivity index (χ0v) is 15.9. The normalized spacial score (nSPS) is 14.4. The van der Waals surface area contributed by atoms with Crippen LogP contribution in [0.4, 0.5) is 14.5 Å². The molecule has 0 radical (unpaired) electrons. The van der Waals surface area contributed by atoms with Crippen LogP contribution >= 0.6 is 15.9 Å². The Morgan fingerprint density at radius 3 is 2.52 bits per heavy atom. The highest BCUT2D eigenvalue weighted by Gasteiger charge is 2.34. The van der Waals surface area contributed by atoms with Crippen molar-refractivity contribution in [2.45, 2.75) is 59.0 Å². The van der Waals surface area contributed by atoms with Crippen molar-refractivity contribution >= 4 is 27.5 Å². The zero-order valence-electron chi connectivity index (χ0n) is 14.3. The van der Waals surface area contributed by atoms with Crippen LogP contribution in [0.1, 0.15) is 54.9 Å². The number of anilines is 1. The van der Waals surface area contributed by atoms with E-state index in [4.69, 9.17) is 0 Å². The van der Waals surface area contributed by atoms with Crippen LogP contribution < -0.4 is 5.32 Å². The van der Waals surface area contributed by atoms with E-state index < -0.39 is 6.43 Å². The Labute approximate surface area is 152 Å². The monoisotopic (exact) mass is 415 g/mol. The topological polar surface area (TPSA) is 64.7 Å². The predicted octanol–water partition coefficient (Wildman–Crippen LogP) is 3.93. The first-order chi connectivity index (χ1) is 11.8. The zero-order chi connectivity index (χ0) is 18.3. The van der Waals surface area contributed by atoms with Crippen LogP contribution in [-0.4, -0.2) is 25.5 Å². The lowest BCUT2D eigenvalue weighted by Gasteiger charge is -2.09. The van der Waals surface area contributed by atoms with E-state index in [9.17, 15) is 13.6 Å². The summed E-state index contributed by atoms with van der Waals surface area (Å²) in [5.74, 6) is -0.118. The lowest BCUT2D eigenvalue weighted by molar-refractivity contribution is -0.117. The fourth-order valence-corrected chi connectivity index (χ4v) is 3.76. The van der Waals surface area contributed by atoms with Crippen LogP contribution in [-0.2, 0) is 17.9 Å². The largest absolute Gasteiger partial charge is 0.321 e. The molecule has 1 aliphatic carbocycles. The highest BCUT2D eigenvalue weighted by atomic mass is 79.9. The van der Waals surface area contributed by atoms with E-state index in [1.54, 1.807) is 4.68 Å². The van der Waals surface area contributed by atoms with E-state index in [-0.39, 0.29) is 24.1 Å². The predicted molar refractivity (Wildman–Crippen MR) is 92.9 cm³/mol. The number of nitrogens with one attached hydrogen (secondary N) is 1. The molecule has 1 aliphatic rings. The third kappa shape index (κ3) is 3.47. The van der Waals surface area contributed by atoms with Gasteiger partial charge in [-0.25, -0.2) is 8.78 Å². The van der Waals surface area contributed by atoms with Crippen LogP contribution in [0.25, 0.3) is 0 Å². The minimum Gasteiger partial charge on any atom is -0.321 e. The molecule has 2 aromatic heterocycles. The third-order valence-electron chi connectivity index (χ3n) is 4.37. The average molecular weight is 416 g/mol. The maximum absolute atomic E-state index is 13.1. The summed E-state index contributed by atoms with van der Waals surface area (Å²) < 4.78 is 29.8. The van der Waals surface area contributed by atoms with Gasteiger partial charge >= 0.3 is 0 Å². The Hall–Kier alpha value is -1.77. The van der Waals surface area contributed by atoms with E-state index in [1.165, 1.54) is 4.68 Å². The number of carbonyl (C=O) groups excluding carboxylic acids is 1. The molecule has 0 bridgehead atoms. The Balaban J connectivity index is 1.82. The summed E-state index contributed by atoms with van der Waals surface area (Å²) in [6.45, 7) is 6.28. The quantitative estimate of drug-likeness (QED) is 0.776. The summed E-state index contributed by atoms with van der Waals surface area (Å²) in [7, 11) is 0. The van der Waals surface area contributed by atoms with E-state index in [0.29, 0.717) is 22.4 Å². The van der Waals surface area contributed by atoms with Gasteiger partial charge in [0.1, 0.15) is 12.2 Å². The van der Waals surface area contributed by atoms with Crippen LogP contribution in [0.3, 0.4) is 0 Å². The van der Waals surface area contributed by atoms with Gasteiger partial charge in [-0.15, -0.1) is 0 Å². The lowest BCUT2D eigenvalue weighted by Crippen LogP contribution is -2.21. The second kappa shape index (κ2) is 6.86. The number of hydrogen-bond acceptors (Lipinski definition) is 3. The maximum Gasteiger partial charge on any atom is 0.283 e. The van der Waals surface area contributed by atoms with Crippen molar-refractivity contribution in [3.05, 3.63) is 27.2 Å². The number of rotatable bonds is 6. The van der Waals surface area contributed by atoms with Gasteiger partial charge in [-0.2, -0.15) is 10.2 Å². The molecule has 2 heterocycles. The molecule has 136 valence electrons. The average Bonchev–Trinajstić information content (AvgIpc) is 3.28. The van der Waals surface area contributed by atoms with Gasteiger partial charge in [-0.05, 0) is 49.5 Å². The Morgan fingerprint density at radius 2 is 2.00 bits per heavy atom. The molecule has 25 heavy (non-hydrogen) atoms. The molecule has 2 aromatic rings. The van der Waals surface area contributed by atoms with Crippen molar-refractivity contribution < 1.29 is 13.6 Å². The van der Waals surface area contributed by atoms with Gasteiger partial charge in [0.25, 0.3) is 6.43 Å². The molecule has 3 rings (SSSR count). The first kappa shape index (κ1) is 18.0. The molecule has 0 aliphatic heterocycles. The molecule has 0 atom stereocenters. The van der Waals surface area contributed by atoms with E-state index >= 15 is 0 Å². The van der Waals surface area contributed by atoms with Crippen LogP contribution in [0, 0.1) is 13.8 Å². The standard InChI is InChI=1S/C16H20BrF2N5O/c1-4-23-9(3)13(8(2)21-23)20-11(25)7-24-15(10-5-6-10)12(17)14(22-24)16(18)19/h10,16H,4-7H2,1-3H3,(H,20,25). The summed E-state index contributed by atoms with van der Waals surface area (Å²) in [5, 5.41) is 11.2. The Bertz CT molecular complexity index is 810. The van der Waals surface area contributed by atoms with Crippen molar-refractivity contribution in [1.29, 1.82) is 0 Å². The van der Waals surface area contributed by atoms with E-state index in [2.05, 4.69) is 31.4 Å². The fourth-order valence-electron chi connectivity index (χ4n) is 2.98. The molecule has 0 spiro atoms. The molecule has 1 saturated carbocycles. The highest BCUT2D eigenvalue weighted by molar-refractivity contribution is 9.10. The van der Waals surface area contributed by atoms with Gasteiger partial charge in [0.05, 0.1) is 27.2 Å². The summed E-state index contributed by atoms with van der Waals surface area (Å²) >= 11 is 3.23. The van der Waals surface area contributed by atoms with E-state index in [1.807, 2.05) is 20.8 Å². The first-order valence-corrected chi connectivity index (χ1v) is 9.00. The van der Waals surface area contributed by atoms with Crippen molar-refractivity contribution in [1.82, 2.24) is 19.6 Å². The minimum atomic E-state index is -2.68. The molecule has 1 N–H and O–H groups in total. The number of carbonyl (C=O) groups is 1. The maximum atomic E-state index is 13.1. The van der Waals surface area contributed by atoms with Crippen molar-refractivity contribution in [2.75, 3.05) is 5.32 Å². The van der Waals surface area contributed by atoms with E-state index in [0.717, 1.165) is 24.2 Å². The molecule has 6 nitrogen and oxygen atoms in total. The highest BCUT2D eigenvalue weighted by Crippen LogP contribution is 2.45. The summed E-state index contributed by atoms with van der Waals surface area (Å²) in [5.41, 5.74) is 2.64. The molecule has 9 heteroatoms. The van der Waals surface area contributed by atoms with Gasteiger partial charge < -0.3 is 5.32 Å². The van der Waals surface area contributed by atoms with Gasteiger partial charge in [-0.1, -0.05) is 0 Å². The van der Waals surface area contributed by atoms with Gasteiger partial charge in [0.15, 0.2) is 0 Å². The number of amides is 1. The van der Waals surface area contributed by atoms with Crippen LogP contribution in [0.2, 0.25) is 0 Å². The Morgan fingerprint density at radius 1 is 1.32 bits per heavy atom. The van der Waals surface area contributed by atoms with Gasteiger partial charge in [0.2, 0.25) is 5.91 Å². The summed E-state index contributed by atoms with van der Waals surface area (Å²) in [6.07, 6.45) is -0.824. The summed E-state index contributed by atoms with van der Waals surface area (Å²) in [4.78, 5) is 12.5. The summed E-state index contributed by atoms with van der Waals surface area (Å²) in [6, 6.07) is 0. The van der Waals surface area contributed by atoms with Crippen molar-refractivity contribution in [3.63, 3.8) is 0 Å². The van der Waals surface area contributed by atoms with Gasteiger partial charge in [0, 0.05) is 12.5 Å². The third-order valence-corrected chi connectivity index (χ3v) is 5.18. The van der Waals surface area contributed by atoms with Crippen LogP contribution in [0.5, 0.6) is 0 Å². The molecule has 1 amide bonds. The molecular formula is C16H20BrF2N5O. The molecule has 0 saturated heterocycles. The second-order valence-electron chi connectivity index (χ2n) is 6.23.